The van der Waals surface area contributed by atoms with Gasteiger partial charge in [0.05, 0.1) is 0 Å². The molecule has 1 fully saturated rings. The Morgan fingerprint density at radius 3 is 2.36 bits per heavy atom. The summed E-state index contributed by atoms with van der Waals surface area (Å²) in [6, 6.07) is 17.3. The van der Waals surface area contributed by atoms with E-state index in [1.54, 1.807) is 0 Å². The summed E-state index contributed by atoms with van der Waals surface area (Å²) in [5, 5.41) is 3.66. The van der Waals surface area contributed by atoms with E-state index in [1.807, 2.05) is 59.5 Å². The summed E-state index contributed by atoms with van der Waals surface area (Å²) in [6.07, 6.45) is 0. The second-order valence-corrected chi connectivity index (χ2v) is 5.69. The number of carbonyl (C=O) groups is 1. The number of piperazine rings is 1. The fraction of sp³-hybridized carbons (Fsp3) is 0.235. The minimum atomic E-state index is -0.0445. The van der Waals surface area contributed by atoms with E-state index in [4.69, 9.17) is 11.6 Å². The summed E-state index contributed by atoms with van der Waals surface area (Å²) in [7, 11) is 0. The van der Waals surface area contributed by atoms with Gasteiger partial charge in [0.25, 0.3) is 0 Å². The molecule has 2 aromatic rings. The number of para-hydroxylation sites is 1. The van der Waals surface area contributed by atoms with Crippen LogP contribution >= 0.6 is 11.6 Å². The third-order valence-electron chi connectivity index (χ3n) is 3.77. The van der Waals surface area contributed by atoms with Crippen LogP contribution in [0.5, 0.6) is 0 Å². The van der Waals surface area contributed by atoms with Crippen molar-refractivity contribution in [2.75, 3.05) is 36.4 Å². The Morgan fingerprint density at radius 2 is 1.68 bits per heavy atom. The molecule has 0 unspecified atom stereocenters. The van der Waals surface area contributed by atoms with Crippen LogP contribution in [0.15, 0.2) is 54.6 Å². The van der Waals surface area contributed by atoms with E-state index < -0.39 is 0 Å². The van der Waals surface area contributed by atoms with Crippen LogP contribution in [0.4, 0.5) is 16.2 Å². The van der Waals surface area contributed by atoms with E-state index in [0.29, 0.717) is 13.1 Å². The number of hydrogen-bond acceptors (Lipinski definition) is 2. The molecule has 22 heavy (non-hydrogen) atoms. The lowest BCUT2D eigenvalue weighted by Crippen LogP contribution is -2.50. The molecule has 0 aliphatic carbocycles. The smallest absolute Gasteiger partial charge is 0.321 e. The Kier molecular flexibility index (Phi) is 4.49. The average Bonchev–Trinajstić information content (AvgIpc) is 2.56. The number of urea groups is 1. The highest BCUT2D eigenvalue weighted by atomic mass is 35.5. The number of amides is 2. The Balaban J connectivity index is 1.56. The van der Waals surface area contributed by atoms with E-state index in [9.17, 15) is 4.79 Å². The summed E-state index contributed by atoms with van der Waals surface area (Å²) < 4.78 is 0. The Morgan fingerprint density at radius 1 is 0.955 bits per heavy atom. The van der Waals surface area contributed by atoms with Crippen LogP contribution in [-0.2, 0) is 0 Å². The molecule has 1 N–H and O–H groups in total. The van der Waals surface area contributed by atoms with E-state index in [-0.39, 0.29) is 6.03 Å². The summed E-state index contributed by atoms with van der Waals surface area (Å²) >= 11 is 6.03. The maximum Gasteiger partial charge on any atom is 0.321 e. The van der Waals surface area contributed by atoms with Crippen LogP contribution in [-0.4, -0.2) is 37.1 Å². The molecule has 0 spiro atoms. The van der Waals surface area contributed by atoms with Crippen molar-refractivity contribution in [1.82, 2.24) is 4.90 Å². The van der Waals surface area contributed by atoms with Crippen LogP contribution in [0.25, 0.3) is 0 Å². The average molecular weight is 316 g/mol. The van der Waals surface area contributed by atoms with Gasteiger partial charge in [0.2, 0.25) is 0 Å². The van der Waals surface area contributed by atoms with Crippen LogP contribution in [0.1, 0.15) is 0 Å². The SMILES string of the molecule is O=C(Nc1ccccc1)N1CCN(c2cccc(Cl)c2)CC1. The molecular formula is C17H18ClN3O. The highest BCUT2D eigenvalue weighted by molar-refractivity contribution is 6.30. The first-order valence-electron chi connectivity index (χ1n) is 7.34. The van der Waals surface area contributed by atoms with Crippen molar-refractivity contribution in [1.29, 1.82) is 0 Å². The van der Waals surface area contributed by atoms with Gasteiger partial charge in [0, 0.05) is 42.6 Å². The number of nitrogens with one attached hydrogen (secondary N) is 1. The van der Waals surface area contributed by atoms with Crippen molar-refractivity contribution in [3.05, 3.63) is 59.6 Å². The summed E-state index contributed by atoms with van der Waals surface area (Å²) in [5.41, 5.74) is 1.93. The Bertz CT molecular complexity index is 639. The second-order valence-electron chi connectivity index (χ2n) is 5.25. The summed E-state index contributed by atoms with van der Waals surface area (Å²) in [4.78, 5) is 16.3. The normalized spacial score (nSPS) is 14.8. The van der Waals surface area contributed by atoms with Crippen molar-refractivity contribution < 1.29 is 4.79 Å². The van der Waals surface area contributed by atoms with Gasteiger partial charge in [-0.15, -0.1) is 0 Å². The second kappa shape index (κ2) is 6.71. The monoisotopic (exact) mass is 315 g/mol. The first kappa shape index (κ1) is 14.7. The lowest BCUT2D eigenvalue weighted by Gasteiger charge is -2.36. The first-order chi connectivity index (χ1) is 10.7. The lowest BCUT2D eigenvalue weighted by atomic mass is 10.2. The lowest BCUT2D eigenvalue weighted by molar-refractivity contribution is 0.208. The van der Waals surface area contributed by atoms with Gasteiger partial charge in [-0.3, -0.25) is 0 Å². The molecule has 3 rings (SSSR count). The van der Waals surface area contributed by atoms with Gasteiger partial charge < -0.3 is 15.1 Å². The molecular weight excluding hydrogens is 298 g/mol. The number of benzene rings is 2. The van der Waals surface area contributed by atoms with Crippen molar-refractivity contribution in [3.8, 4) is 0 Å². The van der Waals surface area contributed by atoms with E-state index in [1.165, 1.54) is 0 Å². The van der Waals surface area contributed by atoms with Gasteiger partial charge >= 0.3 is 6.03 Å². The van der Waals surface area contributed by atoms with E-state index in [2.05, 4.69) is 10.2 Å². The standard InChI is InChI=1S/C17H18ClN3O/c18-14-5-4-8-16(13-14)20-9-11-21(12-10-20)17(22)19-15-6-2-1-3-7-15/h1-8,13H,9-12H2,(H,19,22). The maximum absolute atomic E-state index is 12.2. The zero-order chi connectivity index (χ0) is 15.4. The molecule has 1 heterocycles. The number of anilines is 2. The van der Waals surface area contributed by atoms with E-state index in [0.717, 1.165) is 29.5 Å². The molecule has 4 nitrogen and oxygen atoms in total. The van der Waals surface area contributed by atoms with E-state index >= 15 is 0 Å². The minimum absolute atomic E-state index is 0.0445. The predicted molar refractivity (Wildman–Crippen MR) is 90.7 cm³/mol. The molecule has 1 aliphatic heterocycles. The highest BCUT2D eigenvalue weighted by Gasteiger charge is 2.21. The van der Waals surface area contributed by atoms with Crippen molar-refractivity contribution in [2.45, 2.75) is 0 Å². The minimum Gasteiger partial charge on any atom is -0.368 e. The van der Waals surface area contributed by atoms with Crippen LogP contribution in [0.2, 0.25) is 5.02 Å². The fourth-order valence-electron chi connectivity index (χ4n) is 2.56. The molecule has 0 saturated carbocycles. The number of carbonyl (C=O) groups excluding carboxylic acids is 1. The van der Waals surface area contributed by atoms with Gasteiger partial charge in [0.15, 0.2) is 0 Å². The quantitative estimate of drug-likeness (QED) is 0.917. The van der Waals surface area contributed by atoms with Crippen LogP contribution in [0.3, 0.4) is 0 Å². The fourth-order valence-corrected chi connectivity index (χ4v) is 2.75. The Labute approximate surface area is 135 Å². The molecule has 5 heteroatoms. The van der Waals surface area contributed by atoms with Crippen molar-refractivity contribution in [2.24, 2.45) is 0 Å². The highest BCUT2D eigenvalue weighted by Crippen LogP contribution is 2.21. The topological polar surface area (TPSA) is 35.6 Å². The Hall–Kier alpha value is -2.20. The molecule has 1 saturated heterocycles. The molecule has 1 aliphatic rings. The molecule has 0 atom stereocenters. The van der Waals surface area contributed by atoms with Gasteiger partial charge in [-0.2, -0.15) is 0 Å². The van der Waals surface area contributed by atoms with Crippen molar-refractivity contribution in [3.63, 3.8) is 0 Å². The number of hydrogen-bond donors (Lipinski definition) is 1. The molecule has 114 valence electrons. The zero-order valence-corrected chi connectivity index (χ0v) is 13.0. The zero-order valence-electron chi connectivity index (χ0n) is 12.2. The molecule has 0 radical (unpaired) electrons. The first-order valence-corrected chi connectivity index (χ1v) is 7.72. The molecule has 2 amide bonds. The van der Waals surface area contributed by atoms with Gasteiger partial charge in [-0.1, -0.05) is 35.9 Å². The molecule has 0 bridgehead atoms. The molecule has 0 aromatic heterocycles. The largest absolute Gasteiger partial charge is 0.368 e. The van der Waals surface area contributed by atoms with Gasteiger partial charge in [0.1, 0.15) is 0 Å². The van der Waals surface area contributed by atoms with Gasteiger partial charge in [-0.05, 0) is 30.3 Å². The predicted octanol–water partition coefficient (Wildman–Crippen LogP) is 3.69. The summed E-state index contributed by atoms with van der Waals surface area (Å²) in [5.74, 6) is 0. The van der Waals surface area contributed by atoms with Crippen LogP contribution in [0, 0.1) is 0 Å². The van der Waals surface area contributed by atoms with Crippen LogP contribution < -0.4 is 10.2 Å². The number of nitrogens with zero attached hydrogens (tertiary/aromatic N) is 2. The van der Waals surface area contributed by atoms with Crippen molar-refractivity contribution >= 4 is 29.0 Å². The summed E-state index contributed by atoms with van der Waals surface area (Å²) in [6.45, 7) is 3.02. The maximum atomic E-state index is 12.2. The number of halogens is 1. The molecule has 2 aromatic carbocycles. The number of rotatable bonds is 2. The third kappa shape index (κ3) is 3.52. The third-order valence-corrected chi connectivity index (χ3v) is 4.00. The van der Waals surface area contributed by atoms with Gasteiger partial charge in [-0.25, -0.2) is 4.79 Å².